The second-order valence-corrected chi connectivity index (χ2v) is 4.78. The molecule has 1 aliphatic rings. The standard InChI is InChI=1S/C13H20N2O2.ClH/c1-3-11-8(2)6-12(17-11)13(16)15-7-10(14)9-4-5-9;/h6,9-10H,3-5,7,14H2,1-2H3,(H,15,16);1H. The van der Waals surface area contributed by atoms with Gasteiger partial charge in [0, 0.05) is 19.0 Å². The molecule has 102 valence electrons. The van der Waals surface area contributed by atoms with E-state index in [1.165, 1.54) is 12.8 Å². The van der Waals surface area contributed by atoms with Gasteiger partial charge in [0.05, 0.1) is 0 Å². The topological polar surface area (TPSA) is 68.3 Å². The molecule has 3 N–H and O–H groups in total. The van der Waals surface area contributed by atoms with Crippen molar-refractivity contribution in [3.8, 4) is 0 Å². The van der Waals surface area contributed by atoms with E-state index >= 15 is 0 Å². The first kappa shape index (κ1) is 15.1. The summed E-state index contributed by atoms with van der Waals surface area (Å²) in [7, 11) is 0. The van der Waals surface area contributed by atoms with Crippen molar-refractivity contribution in [2.75, 3.05) is 6.54 Å². The predicted molar refractivity (Wildman–Crippen MR) is 73.1 cm³/mol. The van der Waals surface area contributed by atoms with Crippen LogP contribution in [0.2, 0.25) is 0 Å². The third-order valence-electron chi connectivity index (χ3n) is 3.29. The summed E-state index contributed by atoms with van der Waals surface area (Å²) in [5.74, 6) is 1.70. The largest absolute Gasteiger partial charge is 0.456 e. The van der Waals surface area contributed by atoms with Gasteiger partial charge in [0.1, 0.15) is 5.76 Å². The molecule has 1 aromatic heterocycles. The number of carbonyl (C=O) groups excluding carboxylic acids is 1. The van der Waals surface area contributed by atoms with E-state index in [1.807, 2.05) is 13.8 Å². The number of amides is 1. The molecule has 0 aliphatic heterocycles. The summed E-state index contributed by atoms with van der Waals surface area (Å²) in [5, 5.41) is 2.83. The van der Waals surface area contributed by atoms with Gasteiger partial charge in [0.2, 0.25) is 0 Å². The molecule has 2 rings (SSSR count). The number of furan rings is 1. The summed E-state index contributed by atoms with van der Waals surface area (Å²) >= 11 is 0. The Morgan fingerprint density at radius 3 is 2.78 bits per heavy atom. The van der Waals surface area contributed by atoms with Crippen LogP contribution in [0.1, 0.15) is 41.6 Å². The van der Waals surface area contributed by atoms with Crippen LogP contribution >= 0.6 is 12.4 Å². The van der Waals surface area contributed by atoms with Gasteiger partial charge >= 0.3 is 0 Å². The normalized spacial score (nSPS) is 15.9. The van der Waals surface area contributed by atoms with Crippen LogP contribution in [-0.2, 0) is 6.42 Å². The maximum atomic E-state index is 11.8. The third-order valence-corrected chi connectivity index (χ3v) is 3.29. The van der Waals surface area contributed by atoms with E-state index < -0.39 is 0 Å². The Bertz CT molecular complexity index is 413. The lowest BCUT2D eigenvalue weighted by atomic mass is 10.2. The van der Waals surface area contributed by atoms with Crippen molar-refractivity contribution in [3.63, 3.8) is 0 Å². The molecule has 0 bridgehead atoms. The molecular formula is C13H21ClN2O2. The highest BCUT2D eigenvalue weighted by Crippen LogP contribution is 2.31. The van der Waals surface area contributed by atoms with Gasteiger partial charge in [-0.15, -0.1) is 12.4 Å². The highest BCUT2D eigenvalue weighted by Gasteiger charge is 2.28. The average molecular weight is 273 g/mol. The van der Waals surface area contributed by atoms with Crippen LogP contribution in [0.3, 0.4) is 0 Å². The number of hydrogen-bond acceptors (Lipinski definition) is 3. The lowest BCUT2D eigenvalue weighted by Crippen LogP contribution is -2.38. The smallest absolute Gasteiger partial charge is 0.287 e. The van der Waals surface area contributed by atoms with Crippen LogP contribution in [0.25, 0.3) is 0 Å². The van der Waals surface area contributed by atoms with Crippen LogP contribution in [0, 0.1) is 12.8 Å². The second-order valence-electron chi connectivity index (χ2n) is 4.78. The van der Waals surface area contributed by atoms with Gasteiger partial charge in [0.25, 0.3) is 5.91 Å². The molecule has 4 nitrogen and oxygen atoms in total. The minimum atomic E-state index is -0.163. The Morgan fingerprint density at radius 1 is 1.61 bits per heavy atom. The van der Waals surface area contributed by atoms with E-state index in [0.717, 1.165) is 17.7 Å². The highest BCUT2D eigenvalue weighted by molar-refractivity contribution is 5.91. The van der Waals surface area contributed by atoms with E-state index in [0.29, 0.717) is 18.2 Å². The van der Waals surface area contributed by atoms with Gasteiger partial charge in [-0.1, -0.05) is 6.92 Å². The molecule has 1 aromatic rings. The van der Waals surface area contributed by atoms with E-state index in [4.69, 9.17) is 10.2 Å². The second kappa shape index (κ2) is 6.25. The van der Waals surface area contributed by atoms with Gasteiger partial charge in [-0.05, 0) is 37.3 Å². The number of rotatable bonds is 5. The fraction of sp³-hybridized carbons (Fsp3) is 0.615. The molecule has 1 atom stereocenters. The van der Waals surface area contributed by atoms with Gasteiger partial charge in [-0.25, -0.2) is 0 Å². The molecule has 1 aliphatic carbocycles. The molecule has 1 amide bonds. The summed E-state index contributed by atoms with van der Waals surface area (Å²) in [6.45, 7) is 4.50. The number of halogens is 1. The minimum Gasteiger partial charge on any atom is -0.456 e. The first-order valence-corrected chi connectivity index (χ1v) is 6.25. The molecule has 0 aromatic carbocycles. The summed E-state index contributed by atoms with van der Waals surface area (Å²) in [4.78, 5) is 11.8. The van der Waals surface area contributed by atoms with Crippen LogP contribution < -0.4 is 11.1 Å². The minimum absolute atomic E-state index is 0. The first-order valence-electron chi connectivity index (χ1n) is 6.25. The number of nitrogens with one attached hydrogen (secondary N) is 1. The Morgan fingerprint density at radius 2 is 2.28 bits per heavy atom. The molecule has 1 unspecified atom stereocenters. The molecule has 0 radical (unpaired) electrons. The maximum Gasteiger partial charge on any atom is 0.287 e. The predicted octanol–water partition coefficient (Wildman–Crippen LogP) is 2.04. The Labute approximate surface area is 114 Å². The van der Waals surface area contributed by atoms with Gasteiger partial charge < -0.3 is 15.5 Å². The Balaban J connectivity index is 0.00000162. The van der Waals surface area contributed by atoms with Gasteiger partial charge in [-0.3, -0.25) is 4.79 Å². The zero-order valence-electron chi connectivity index (χ0n) is 10.9. The number of aryl methyl sites for hydroxylation is 2. The van der Waals surface area contributed by atoms with Crippen LogP contribution in [0.5, 0.6) is 0 Å². The Hall–Kier alpha value is -1.00. The van der Waals surface area contributed by atoms with Crippen LogP contribution in [0.4, 0.5) is 0 Å². The quantitative estimate of drug-likeness (QED) is 0.862. The molecule has 1 saturated carbocycles. The van der Waals surface area contributed by atoms with Gasteiger partial charge in [0.15, 0.2) is 5.76 Å². The monoisotopic (exact) mass is 272 g/mol. The van der Waals surface area contributed by atoms with Crippen LogP contribution in [0.15, 0.2) is 10.5 Å². The van der Waals surface area contributed by atoms with Crippen molar-refractivity contribution in [3.05, 3.63) is 23.2 Å². The molecule has 18 heavy (non-hydrogen) atoms. The molecule has 5 heteroatoms. The lowest BCUT2D eigenvalue weighted by molar-refractivity contribution is 0.0921. The maximum absolute atomic E-state index is 11.8. The van der Waals surface area contributed by atoms with E-state index in [1.54, 1.807) is 6.07 Å². The van der Waals surface area contributed by atoms with Crippen molar-refractivity contribution < 1.29 is 9.21 Å². The summed E-state index contributed by atoms with van der Waals surface area (Å²) in [5.41, 5.74) is 6.95. The number of hydrogen-bond donors (Lipinski definition) is 2. The fourth-order valence-corrected chi connectivity index (χ4v) is 1.97. The zero-order chi connectivity index (χ0) is 12.4. The zero-order valence-corrected chi connectivity index (χ0v) is 11.7. The van der Waals surface area contributed by atoms with E-state index in [2.05, 4.69) is 5.32 Å². The summed E-state index contributed by atoms with van der Waals surface area (Å²) in [6.07, 6.45) is 3.19. The van der Waals surface area contributed by atoms with Crippen molar-refractivity contribution in [2.45, 2.75) is 39.2 Å². The van der Waals surface area contributed by atoms with Crippen molar-refractivity contribution in [1.82, 2.24) is 5.32 Å². The highest BCUT2D eigenvalue weighted by atomic mass is 35.5. The number of carbonyl (C=O) groups is 1. The van der Waals surface area contributed by atoms with Crippen molar-refractivity contribution in [2.24, 2.45) is 11.7 Å². The summed E-state index contributed by atoms with van der Waals surface area (Å²) in [6, 6.07) is 1.87. The summed E-state index contributed by atoms with van der Waals surface area (Å²) < 4.78 is 5.48. The van der Waals surface area contributed by atoms with Crippen molar-refractivity contribution in [1.29, 1.82) is 0 Å². The molecule has 1 heterocycles. The first-order chi connectivity index (χ1) is 8.11. The number of nitrogens with two attached hydrogens (primary N) is 1. The van der Waals surface area contributed by atoms with Gasteiger partial charge in [-0.2, -0.15) is 0 Å². The fourth-order valence-electron chi connectivity index (χ4n) is 1.97. The Kier molecular flexibility index (Phi) is 5.23. The average Bonchev–Trinajstić information content (AvgIpc) is 3.09. The SMILES string of the molecule is CCc1oc(C(=O)NCC(N)C2CC2)cc1C.Cl. The molecule has 1 fully saturated rings. The molecule has 0 spiro atoms. The van der Waals surface area contributed by atoms with E-state index in [-0.39, 0.29) is 24.4 Å². The molecular weight excluding hydrogens is 252 g/mol. The van der Waals surface area contributed by atoms with Crippen molar-refractivity contribution >= 4 is 18.3 Å². The van der Waals surface area contributed by atoms with E-state index in [9.17, 15) is 4.79 Å². The lowest BCUT2D eigenvalue weighted by Gasteiger charge is -2.10. The third kappa shape index (κ3) is 3.50. The van der Waals surface area contributed by atoms with Crippen LogP contribution in [-0.4, -0.2) is 18.5 Å². The molecule has 0 saturated heterocycles.